The number of nitrogens with one attached hydrogen (secondary N) is 2. The quantitative estimate of drug-likeness (QED) is 0.495. The van der Waals surface area contributed by atoms with Gasteiger partial charge in [-0.05, 0) is 13.0 Å². The number of ketones is 1. The van der Waals surface area contributed by atoms with Crippen LogP contribution in [0.25, 0.3) is 0 Å². The molecule has 2 heterocycles. The van der Waals surface area contributed by atoms with Gasteiger partial charge in [0.2, 0.25) is 0 Å². The van der Waals surface area contributed by atoms with Gasteiger partial charge in [0.25, 0.3) is 0 Å². The second-order valence-electron chi connectivity index (χ2n) is 3.56. The Bertz CT molecular complexity index is 173. The van der Waals surface area contributed by atoms with Gasteiger partial charge >= 0.3 is 0 Å². The zero-order chi connectivity index (χ0) is 7.73. The summed E-state index contributed by atoms with van der Waals surface area (Å²) in [6.07, 6.45) is 1.75. The Balaban J connectivity index is 2.13. The van der Waals surface area contributed by atoms with Crippen LogP contribution in [-0.4, -0.2) is 32.0 Å². The van der Waals surface area contributed by atoms with Crippen molar-refractivity contribution in [3.05, 3.63) is 0 Å². The molecule has 2 N–H and O–H groups in total. The lowest BCUT2D eigenvalue weighted by Gasteiger charge is -2.31. The predicted octanol–water partition coefficient (Wildman–Crippen LogP) is -0.472. The average molecular weight is 154 g/mol. The molecule has 0 radical (unpaired) electrons. The molecule has 2 saturated heterocycles. The molecule has 0 unspecified atom stereocenters. The lowest BCUT2D eigenvalue weighted by molar-refractivity contribution is -0.129. The third-order valence-corrected chi connectivity index (χ3v) is 2.83. The Hall–Kier alpha value is -0.410. The highest BCUT2D eigenvalue weighted by Crippen LogP contribution is 2.28. The molecule has 2 aliphatic heterocycles. The van der Waals surface area contributed by atoms with E-state index < -0.39 is 0 Å². The van der Waals surface area contributed by atoms with Crippen LogP contribution in [0.3, 0.4) is 0 Å². The highest BCUT2D eigenvalue weighted by Gasteiger charge is 2.41. The van der Waals surface area contributed by atoms with Crippen LogP contribution in [0.15, 0.2) is 0 Å². The van der Waals surface area contributed by atoms with E-state index in [1.54, 1.807) is 0 Å². The van der Waals surface area contributed by atoms with Gasteiger partial charge in [-0.15, -0.1) is 0 Å². The summed E-state index contributed by atoms with van der Waals surface area (Å²) in [4.78, 5) is 11.5. The zero-order valence-corrected chi connectivity index (χ0v) is 6.65. The summed E-state index contributed by atoms with van der Waals surface area (Å²) in [5.41, 5.74) is -0.0295. The smallest absolute Gasteiger partial charge is 0.142 e. The summed E-state index contributed by atoms with van der Waals surface area (Å²) in [5, 5.41) is 6.54. The van der Waals surface area contributed by atoms with Crippen molar-refractivity contribution < 1.29 is 4.79 Å². The summed E-state index contributed by atoms with van der Waals surface area (Å²) in [5.74, 6) is 0.459. The fourth-order valence-corrected chi connectivity index (χ4v) is 2.03. The van der Waals surface area contributed by atoms with Crippen LogP contribution >= 0.6 is 0 Å². The molecule has 0 aromatic heterocycles. The van der Waals surface area contributed by atoms with Gasteiger partial charge in [0.05, 0.1) is 5.41 Å². The van der Waals surface area contributed by atoms with Crippen LogP contribution in [-0.2, 0) is 4.79 Å². The molecule has 1 atom stereocenters. The number of Topliss-reactive ketones (excluding diaryl/α,β-unsaturated/α-hetero) is 1. The molecule has 3 heteroatoms. The molecular weight excluding hydrogens is 140 g/mol. The minimum absolute atomic E-state index is 0.0295. The minimum atomic E-state index is -0.0295. The monoisotopic (exact) mass is 154 g/mol. The first kappa shape index (κ1) is 7.25. The summed E-state index contributed by atoms with van der Waals surface area (Å²) in [6, 6.07) is 0. The average Bonchev–Trinajstić information content (AvgIpc) is 2.46. The molecule has 0 saturated carbocycles. The topological polar surface area (TPSA) is 41.1 Å². The minimum Gasteiger partial charge on any atom is -0.316 e. The lowest BCUT2D eigenvalue weighted by atomic mass is 9.79. The van der Waals surface area contributed by atoms with Crippen molar-refractivity contribution in [1.82, 2.24) is 10.6 Å². The molecule has 0 bridgehead atoms. The Morgan fingerprint density at radius 1 is 1.18 bits per heavy atom. The third-order valence-electron chi connectivity index (χ3n) is 2.83. The fraction of sp³-hybridized carbons (Fsp3) is 0.875. The Morgan fingerprint density at radius 2 is 1.91 bits per heavy atom. The Morgan fingerprint density at radius 3 is 2.55 bits per heavy atom. The molecule has 62 valence electrons. The molecule has 11 heavy (non-hydrogen) atoms. The summed E-state index contributed by atoms with van der Waals surface area (Å²) in [6.45, 7) is 3.66. The molecule has 2 fully saturated rings. The molecule has 0 aromatic carbocycles. The maximum atomic E-state index is 11.5. The normalized spacial score (nSPS) is 38.4. The number of carbonyl (C=O) groups excluding carboxylic acids is 1. The van der Waals surface area contributed by atoms with Gasteiger partial charge in [0.15, 0.2) is 0 Å². The van der Waals surface area contributed by atoms with E-state index in [0.717, 1.165) is 39.0 Å². The van der Waals surface area contributed by atoms with Crippen LogP contribution in [0.4, 0.5) is 0 Å². The van der Waals surface area contributed by atoms with Crippen LogP contribution in [0, 0.1) is 5.41 Å². The molecule has 0 amide bonds. The predicted molar refractivity (Wildman–Crippen MR) is 42.4 cm³/mol. The molecule has 2 rings (SSSR count). The molecule has 0 aromatic rings. The number of piperidine rings is 1. The third kappa shape index (κ3) is 1.08. The summed E-state index contributed by atoms with van der Waals surface area (Å²) in [7, 11) is 0. The van der Waals surface area contributed by atoms with E-state index in [2.05, 4.69) is 10.6 Å². The van der Waals surface area contributed by atoms with Crippen LogP contribution in [0.5, 0.6) is 0 Å². The standard InChI is InChI=1S/C8H14N2O/c11-7-1-3-9-5-8(7)2-4-10-6-8/h9-10H,1-6H2/t8-/m0/s1. The zero-order valence-electron chi connectivity index (χ0n) is 6.65. The number of hydrogen-bond donors (Lipinski definition) is 2. The number of rotatable bonds is 0. The van der Waals surface area contributed by atoms with E-state index in [-0.39, 0.29) is 5.41 Å². The van der Waals surface area contributed by atoms with Crippen LogP contribution < -0.4 is 10.6 Å². The van der Waals surface area contributed by atoms with Gasteiger partial charge in [-0.3, -0.25) is 4.79 Å². The van der Waals surface area contributed by atoms with E-state index >= 15 is 0 Å². The van der Waals surface area contributed by atoms with Crippen molar-refractivity contribution in [2.24, 2.45) is 5.41 Å². The Kier molecular flexibility index (Phi) is 1.69. The maximum absolute atomic E-state index is 11.5. The van der Waals surface area contributed by atoms with E-state index in [1.807, 2.05) is 0 Å². The first-order valence-electron chi connectivity index (χ1n) is 4.28. The SMILES string of the molecule is O=C1CCNC[C@]12CCNC2. The molecule has 2 aliphatic rings. The Labute approximate surface area is 66.5 Å². The van der Waals surface area contributed by atoms with Crippen molar-refractivity contribution in [1.29, 1.82) is 0 Å². The van der Waals surface area contributed by atoms with E-state index in [9.17, 15) is 4.79 Å². The first-order valence-corrected chi connectivity index (χ1v) is 4.28. The first-order chi connectivity index (χ1) is 5.33. The van der Waals surface area contributed by atoms with Gasteiger partial charge in [-0.25, -0.2) is 0 Å². The second kappa shape index (κ2) is 2.57. The summed E-state index contributed by atoms with van der Waals surface area (Å²) >= 11 is 0. The van der Waals surface area contributed by atoms with Gasteiger partial charge in [-0.1, -0.05) is 0 Å². The van der Waals surface area contributed by atoms with Gasteiger partial charge in [-0.2, -0.15) is 0 Å². The molecular formula is C8H14N2O. The van der Waals surface area contributed by atoms with E-state index in [1.165, 1.54) is 0 Å². The number of hydrogen-bond acceptors (Lipinski definition) is 3. The lowest BCUT2D eigenvalue weighted by Crippen LogP contribution is -2.48. The van der Waals surface area contributed by atoms with Crippen molar-refractivity contribution >= 4 is 5.78 Å². The number of carbonyl (C=O) groups is 1. The maximum Gasteiger partial charge on any atom is 0.142 e. The van der Waals surface area contributed by atoms with Crippen molar-refractivity contribution in [3.63, 3.8) is 0 Å². The fourth-order valence-electron chi connectivity index (χ4n) is 2.03. The molecule has 0 aliphatic carbocycles. The van der Waals surface area contributed by atoms with Crippen LogP contribution in [0.1, 0.15) is 12.8 Å². The van der Waals surface area contributed by atoms with Crippen LogP contribution in [0.2, 0.25) is 0 Å². The highest BCUT2D eigenvalue weighted by molar-refractivity contribution is 5.86. The summed E-state index contributed by atoms with van der Waals surface area (Å²) < 4.78 is 0. The largest absolute Gasteiger partial charge is 0.316 e. The van der Waals surface area contributed by atoms with E-state index in [4.69, 9.17) is 0 Å². The van der Waals surface area contributed by atoms with Gasteiger partial charge < -0.3 is 10.6 Å². The van der Waals surface area contributed by atoms with Gasteiger partial charge in [0, 0.05) is 26.1 Å². The van der Waals surface area contributed by atoms with Crippen molar-refractivity contribution in [2.45, 2.75) is 12.8 Å². The highest BCUT2D eigenvalue weighted by atomic mass is 16.1. The molecule has 1 spiro atoms. The molecule has 3 nitrogen and oxygen atoms in total. The second-order valence-corrected chi connectivity index (χ2v) is 3.56. The van der Waals surface area contributed by atoms with Crippen molar-refractivity contribution in [3.8, 4) is 0 Å². The van der Waals surface area contributed by atoms with E-state index in [0.29, 0.717) is 5.78 Å². The van der Waals surface area contributed by atoms with Crippen molar-refractivity contribution in [2.75, 3.05) is 26.2 Å². The van der Waals surface area contributed by atoms with Gasteiger partial charge in [0.1, 0.15) is 5.78 Å².